The zero-order valence-electron chi connectivity index (χ0n) is 39.9. The number of rotatable bonds is 40. The average Bonchev–Trinajstić information content (AvgIpc) is 3.24. The summed E-state index contributed by atoms with van der Waals surface area (Å²) in [4.78, 5) is 36.9. The second-order valence-corrected chi connectivity index (χ2v) is 16.2. The van der Waals surface area contributed by atoms with Gasteiger partial charge in [0.15, 0.2) is 6.10 Å². The number of esters is 2. The highest BCUT2D eigenvalue weighted by Gasteiger charge is 2.25. The van der Waals surface area contributed by atoms with Gasteiger partial charge in [0.1, 0.15) is 12.6 Å². The molecule has 0 aromatic rings. The number of allylic oxidation sites excluding steroid dienone is 22. The van der Waals surface area contributed by atoms with E-state index in [1.165, 1.54) is 0 Å². The molecule has 0 heterocycles. The number of likely N-dealkylation sites (N-methyl/N-ethyl adjacent to an activating group) is 1. The smallest absolute Gasteiger partial charge is 0.306 e. The molecular formula is C55H85NO7. The van der Waals surface area contributed by atoms with E-state index in [1.807, 2.05) is 12.2 Å². The predicted octanol–water partition coefficient (Wildman–Crippen LogP) is 12.2. The van der Waals surface area contributed by atoms with Crippen LogP contribution in [0.4, 0.5) is 0 Å². The van der Waals surface area contributed by atoms with Crippen molar-refractivity contribution in [2.75, 3.05) is 41.0 Å². The Kier molecular flexibility index (Phi) is 40.9. The Morgan fingerprint density at radius 1 is 0.476 bits per heavy atom. The Labute approximate surface area is 383 Å². The van der Waals surface area contributed by atoms with Crippen molar-refractivity contribution in [2.24, 2.45) is 0 Å². The molecule has 0 rings (SSSR count). The van der Waals surface area contributed by atoms with Crippen LogP contribution in [-0.4, -0.2) is 75.5 Å². The van der Waals surface area contributed by atoms with Gasteiger partial charge in [0.05, 0.1) is 40.3 Å². The number of carboxylic acids is 1. The first-order valence-corrected chi connectivity index (χ1v) is 23.7. The third-order valence-corrected chi connectivity index (χ3v) is 9.55. The van der Waals surface area contributed by atoms with Gasteiger partial charge in [0.2, 0.25) is 0 Å². The van der Waals surface area contributed by atoms with Crippen LogP contribution in [0, 0.1) is 0 Å². The van der Waals surface area contributed by atoms with Gasteiger partial charge in [0.25, 0.3) is 0 Å². The highest BCUT2D eigenvalue weighted by atomic mass is 16.6. The van der Waals surface area contributed by atoms with E-state index in [9.17, 15) is 19.5 Å². The van der Waals surface area contributed by atoms with Crippen LogP contribution in [0.1, 0.15) is 142 Å². The van der Waals surface area contributed by atoms with Crippen molar-refractivity contribution < 1.29 is 38.2 Å². The molecule has 8 nitrogen and oxygen atoms in total. The minimum absolute atomic E-state index is 0.00332. The number of hydrogen-bond acceptors (Lipinski definition) is 7. The molecule has 0 spiro atoms. The summed E-state index contributed by atoms with van der Waals surface area (Å²) in [6.07, 6.45) is 63.5. The lowest BCUT2D eigenvalue weighted by molar-refractivity contribution is -0.889. The number of unbranched alkanes of at least 4 members (excludes halogenated alkanes) is 4. The zero-order chi connectivity index (χ0) is 46.3. The van der Waals surface area contributed by atoms with Crippen molar-refractivity contribution >= 4 is 17.9 Å². The molecular weight excluding hydrogens is 787 g/mol. The van der Waals surface area contributed by atoms with Crippen molar-refractivity contribution in [2.45, 2.75) is 154 Å². The summed E-state index contributed by atoms with van der Waals surface area (Å²) in [6.45, 7) is 4.29. The van der Waals surface area contributed by atoms with E-state index in [2.05, 4.69) is 135 Å². The number of carbonyl (C=O) groups is 3. The molecule has 0 N–H and O–H groups in total. The maximum Gasteiger partial charge on any atom is 0.306 e. The molecule has 0 aliphatic heterocycles. The summed E-state index contributed by atoms with van der Waals surface area (Å²) in [7, 11) is 5.36. The average molecular weight is 872 g/mol. The monoisotopic (exact) mass is 872 g/mol. The minimum Gasteiger partial charge on any atom is -0.544 e. The van der Waals surface area contributed by atoms with Crippen LogP contribution in [0.15, 0.2) is 134 Å². The second kappa shape index (κ2) is 44.1. The van der Waals surface area contributed by atoms with E-state index in [0.717, 1.165) is 96.3 Å². The number of carbonyl (C=O) groups excluding carboxylic acids is 3. The molecule has 0 radical (unpaired) electrons. The van der Waals surface area contributed by atoms with E-state index in [-0.39, 0.29) is 55.5 Å². The summed E-state index contributed by atoms with van der Waals surface area (Å²) in [5.41, 5.74) is 0. The van der Waals surface area contributed by atoms with Crippen molar-refractivity contribution in [3.63, 3.8) is 0 Å². The SMILES string of the molecule is CC/C=C/C/C=C/C/C=C/C/C=C/C/C=C/C/C=C/CCCCCCC(=O)OC(COCCC(C(=O)[O-])[N+](C)(C)C)COC(=O)CC/C=C/C/C=C/C/C=C/C/C=C/C/C=C/CC. The molecule has 0 aromatic carbocycles. The van der Waals surface area contributed by atoms with Gasteiger partial charge in [0, 0.05) is 19.3 Å². The van der Waals surface area contributed by atoms with Crippen molar-refractivity contribution in [1.82, 2.24) is 0 Å². The summed E-state index contributed by atoms with van der Waals surface area (Å²) in [5, 5.41) is 11.6. The van der Waals surface area contributed by atoms with Crippen LogP contribution >= 0.6 is 0 Å². The largest absolute Gasteiger partial charge is 0.544 e. The Bertz CT molecular complexity index is 1480. The topological polar surface area (TPSA) is 102 Å². The van der Waals surface area contributed by atoms with Gasteiger partial charge >= 0.3 is 11.9 Å². The third-order valence-electron chi connectivity index (χ3n) is 9.55. The first-order chi connectivity index (χ1) is 30.6. The van der Waals surface area contributed by atoms with Crippen LogP contribution in [0.2, 0.25) is 0 Å². The summed E-state index contributed by atoms with van der Waals surface area (Å²) >= 11 is 0. The first-order valence-electron chi connectivity index (χ1n) is 23.7. The Morgan fingerprint density at radius 2 is 0.873 bits per heavy atom. The molecule has 352 valence electrons. The van der Waals surface area contributed by atoms with Crippen molar-refractivity contribution in [1.29, 1.82) is 0 Å². The molecule has 0 saturated heterocycles. The minimum atomic E-state index is -1.15. The molecule has 0 fully saturated rings. The van der Waals surface area contributed by atoms with Crippen LogP contribution in [0.3, 0.4) is 0 Å². The zero-order valence-corrected chi connectivity index (χ0v) is 39.9. The standard InChI is InChI=1S/C55H85NO7/c1-6-8-10-12-14-16-18-20-22-24-25-26-27-28-29-30-32-34-36-38-40-42-44-46-54(58)63-51(49-61-48-47-52(55(59)60)56(3,4)5)50-62-53(57)45-43-41-39-37-35-33-31-23-21-19-17-15-13-11-9-7-2/h8-11,14-17,20-23,25-26,28-29,32-35,39,41,51-52H,6-7,12-13,18-19,24,27,30-31,36-38,40,42-50H2,1-5H3/b10-8+,11-9+,16-14+,17-15+,22-20+,23-21+,26-25+,29-28+,34-32+,35-33+,41-39+. The lowest BCUT2D eigenvalue weighted by atomic mass is 10.1. The van der Waals surface area contributed by atoms with Crippen LogP contribution in [0.25, 0.3) is 0 Å². The number of quaternary nitrogens is 1. The fourth-order valence-electron chi connectivity index (χ4n) is 5.94. The number of aliphatic carboxylic acids is 1. The van der Waals surface area contributed by atoms with E-state index in [1.54, 1.807) is 21.1 Å². The summed E-state index contributed by atoms with van der Waals surface area (Å²) in [6, 6.07) is -0.751. The van der Waals surface area contributed by atoms with E-state index < -0.39 is 18.1 Å². The molecule has 0 saturated carbocycles. The van der Waals surface area contributed by atoms with E-state index >= 15 is 0 Å². The lowest BCUT2D eigenvalue weighted by Gasteiger charge is -2.34. The van der Waals surface area contributed by atoms with Gasteiger partial charge in [-0.2, -0.15) is 0 Å². The Balaban J connectivity index is 4.48. The fourth-order valence-corrected chi connectivity index (χ4v) is 5.94. The Morgan fingerprint density at radius 3 is 1.29 bits per heavy atom. The van der Waals surface area contributed by atoms with Crippen LogP contribution in [-0.2, 0) is 28.6 Å². The first kappa shape index (κ1) is 58.5. The molecule has 0 aromatic heterocycles. The van der Waals surface area contributed by atoms with Gasteiger partial charge in [-0.05, 0) is 96.3 Å². The highest BCUT2D eigenvalue weighted by Crippen LogP contribution is 2.11. The number of hydrogen-bond donors (Lipinski definition) is 0. The van der Waals surface area contributed by atoms with Gasteiger partial charge < -0.3 is 28.6 Å². The number of ether oxygens (including phenoxy) is 3. The molecule has 0 aliphatic carbocycles. The van der Waals surface area contributed by atoms with Crippen LogP contribution in [0.5, 0.6) is 0 Å². The van der Waals surface area contributed by atoms with E-state index in [4.69, 9.17) is 14.2 Å². The predicted molar refractivity (Wildman–Crippen MR) is 263 cm³/mol. The number of carboxylic acid groups (broad SMARTS) is 1. The highest BCUT2D eigenvalue weighted by molar-refractivity contribution is 5.70. The molecule has 63 heavy (non-hydrogen) atoms. The molecule has 0 bridgehead atoms. The fraction of sp³-hybridized carbons (Fsp3) is 0.545. The summed E-state index contributed by atoms with van der Waals surface area (Å²) < 4.78 is 17.1. The number of nitrogens with zero attached hydrogens (tertiary/aromatic N) is 1. The Hall–Kier alpha value is -4.53. The second-order valence-electron chi connectivity index (χ2n) is 16.2. The lowest BCUT2D eigenvalue weighted by Crippen LogP contribution is -2.55. The van der Waals surface area contributed by atoms with Crippen molar-refractivity contribution in [3.05, 3.63) is 134 Å². The quantitative estimate of drug-likeness (QED) is 0.0261. The molecule has 0 aliphatic rings. The molecule has 8 heteroatoms. The molecule has 0 amide bonds. The molecule has 2 atom stereocenters. The van der Waals surface area contributed by atoms with Gasteiger partial charge in [-0.1, -0.05) is 160 Å². The maximum atomic E-state index is 12.8. The normalized spacial score (nSPS) is 14.1. The van der Waals surface area contributed by atoms with Gasteiger partial charge in [-0.25, -0.2) is 0 Å². The third kappa shape index (κ3) is 42.5. The maximum absolute atomic E-state index is 12.8. The van der Waals surface area contributed by atoms with Gasteiger partial charge in [-0.3, -0.25) is 9.59 Å². The van der Waals surface area contributed by atoms with Gasteiger partial charge in [-0.15, -0.1) is 0 Å². The summed E-state index contributed by atoms with van der Waals surface area (Å²) in [5.74, 6) is -1.90. The van der Waals surface area contributed by atoms with Crippen LogP contribution < -0.4 is 5.11 Å². The van der Waals surface area contributed by atoms with E-state index in [0.29, 0.717) is 12.8 Å². The van der Waals surface area contributed by atoms with Crippen molar-refractivity contribution in [3.8, 4) is 0 Å². The molecule has 2 unspecified atom stereocenters.